The van der Waals surface area contributed by atoms with Gasteiger partial charge in [-0.2, -0.15) is 5.26 Å². The van der Waals surface area contributed by atoms with Crippen molar-refractivity contribution >= 4 is 34.7 Å². The topological polar surface area (TPSA) is 90.2 Å². The smallest absolute Gasteiger partial charge is 0.347 e. The molecule has 0 atom stereocenters. The van der Waals surface area contributed by atoms with Crippen LogP contribution in [0.1, 0.15) is 5.56 Å². The number of hydrogen-bond acceptors (Lipinski definition) is 3. The van der Waals surface area contributed by atoms with Gasteiger partial charge in [0.2, 0.25) is 0 Å². The van der Waals surface area contributed by atoms with Crippen LogP contribution < -0.4 is 5.32 Å². The first-order valence-electron chi connectivity index (χ1n) is 4.53. The Kier molecular flexibility index (Phi) is 2.58. The van der Waals surface area contributed by atoms with Crippen molar-refractivity contribution in [3.8, 4) is 6.07 Å². The normalized spacial score (nSPS) is 15.9. The quantitative estimate of drug-likeness (QED) is 0.584. The molecule has 1 amide bonds. The van der Waals surface area contributed by atoms with Gasteiger partial charge in [0.1, 0.15) is 6.07 Å². The van der Waals surface area contributed by atoms with Crippen LogP contribution in [0.3, 0.4) is 0 Å². The molecule has 1 aliphatic heterocycles. The van der Waals surface area contributed by atoms with E-state index in [-0.39, 0.29) is 5.57 Å². The molecule has 0 radical (unpaired) electrons. The molecule has 2 N–H and O–H groups in total. The Balaban J connectivity index is 2.72. The number of carbonyl (C=O) groups is 2. The van der Waals surface area contributed by atoms with Gasteiger partial charge in [0.05, 0.1) is 11.3 Å². The van der Waals surface area contributed by atoms with E-state index in [1.807, 2.05) is 0 Å². The minimum absolute atomic E-state index is 0.133. The summed E-state index contributed by atoms with van der Waals surface area (Å²) >= 11 is 5.75. The summed E-state index contributed by atoms with van der Waals surface area (Å²) in [6, 6.07) is 6.04. The number of carboxylic acid groups (broad SMARTS) is 1. The highest BCUT2D eigenvalue weighted by atomic mass is 35.5. The van der Waals surface area contributed by atoms with E-state index < -0.39 is 17.4 Å². The summed E-state index contributed by atoms with van der Waals surface area (Å²) in [5, 5.41) is 20.5. The molecule has 1 aromatic rings. The summed E-state index contributed by atoms with van der Waals surface area (Å²) in [7, 11) is 0. The van der Waals surface area contributed by atoms with Gasteiger partial charge in [-0.05, 0) is 12.1 Å². The zero-order valence-corrected chi connectivity index (χ0v) is 9.08. The lowest BCUT2D eigenvalue weighted by Crippen LogP contribution is -2.09. The van der Waals surface area contributed by atoms with Gasteiger partial charge in [0.15, 0.2) is 5.57 Å². The molecule has 0 unspecified atom stereocenters. The average Bonchev–Trinajstić information content (AvgIpc) is 2.55. The Hall–Kier alpha value is -2.32. The third-order valence-electron chi connectivity index (χ3n) is 2.30. The van der Waals surface area contributed by atoms with Crippen molar-refractivity contribution in [2.24, 2.45) is 0 Å². The molecular weight excluding hydrogens is 244 g/mol. The van der Waals surface area contributed by atoms with Crippen molar-refractivity contribution in [2.75, 3.05) is 5.32 Å². The predicted octanol–water partition coefficient (Wildman–Crippen LogP) is 1.65. The van der Waals surface area contributed by atoms with Gasteiger partial charge in [-0.15, -0.1) is 0 Å². The number of amides is 1. The fourth-order valence-corrected chi connectivity index (χ4v) is 1.78. The molecule has 1 aromatic carbocycles. The van der Waals surface area contributed by atoms with Gasteiger partial charge in [0.25, 0.3) is 5.91 Å². The number of aliphatic carboxylic acids is 1. The Labute approximate surface area is 101 Å². The highest BCUT2D eigenvalue weighted by molar-refractivity contribution is 6.37. The standard InChI is InChI=1S/C11H5ClN2O3/c12-5-1-2-6-8(3-5)14-10(15)9(6)7(4-13)11(16)17/h1-3H,(H,14,15)(H,16,17)/b9-7-. The largest absolute Gasteiger partial charge is 0.477 e. The highest BCUT2D eigenvalue weighted by Gasteiger charge is 2.30. The number of rotatable bonds is 1. The minimum Gasteiger partial charge on any atom is -0.477 e. The first-order chi connectivity index (χ1) is 8.04. The van der Waals surface area contributed by atoms with Crippen LogP contribution in [0.2, 0.25) is 5.02 Å². The van der Waals surface area contributed by atoms with E-state index in [2.05, 4.69) is 5.32 Å². The summed E-state index contributed by atoms with van der Waals surface area (Å²) in [5.74, 6) is -2.04. The molecule has 17 heavy (non-hydrogen) atoms. The van der Waals surface area contributed by atoms with Crippen LogP contribution in [-0.2, 0) is 9.59 Å². The van der Waals surface area contributed by atoms with Crippen molar-refractivity contribution in [1.82, 2.24) is 0 Å². The summed E-state index contributed by atoms with van der Waals surface area (Å²) < 4.78 is 0. The van der Waals surface area contributed by atoms with Crippen LogP contribution >= 0.6 is 11.6 Å². The van der Waals surface area contributed by atoms with E-state index in [4.69, 9.17) is 22.0 Å². The van der Waals surface area contributed by atoms with E-state index in [0.29, 0.717) is 16.3 Å². The number of nitriles is 1. The number of hydrogen-bond donors (Lipinski definition) is 2. The van der Waals surface area contributed by atoms with Gasteiger partial charge in [-0.3, -0.25) is 4.79 Å². The summed E-state index contributed by atoms with van der Waals surface area (Å²) in [6.07, 6.45) is 0. The molecule has 0 aromatic heterocycles. The molecule has 5 nitrogen and oxygen atoms in total. The van der Waals surface area contributed by atoms with Crippen molar-refractivity contribution in [3.05, 3.63) is 34.4 Å². The number of halogens is 1. The average molecular weight is 249 g/mol. The molecule has 0 spiro atoms. The molecule has 1 heterocycles. The monoisotopic (exact) mass is 248 g/mol. The van der Waals surface area contributed by atoms with Gasteiger partial charge >= 0.3 is 5.97 Å². The molecule has 0 aliphatic carbocycles. The Morgan fingerprint density at radius 3 is 2.76 bits per heavy atom. The molecule has 0 saturated heterocycles. The Morgan fingerprint density at radius 2 is 2.18 bits per heavy atom. The number of carboxylic acids is 1. The molecule has 0 bridgehead atoms. The van der Waals surface area contributed by atoms with Gasteiger partial charge in [-0.25, -0.2) is 4.79 Å². The number of nitrogens with one attached hydrogen (secondary N) is 1. The van der Waals surface area contributed by atoms with Gasteiger partial charge in [0, 0.05) is 10.6 Å². The molecule has 84 valence electrons. The second-order valence-corrected chi connectivity index (χ2v) is 3.75. The summed E-state index contributed by atoms with van der Waals surface area (Å²) in [6.45, 7) is 0. The number of nitrogens with zero attached hydrogens (tertiary/aromatic N) is 1. The number of fused-ring (bicyclic) bond motifs is 1. The maximum absolute atomic E-state index is 11.6. The van der Waals surface area contributed by atoms with E-state index in [1.54, 1.807) is 0 Å². The highest BCUT2D eigenvalue weighted by Crippen LogP contribution is 2.35. The van der Waals surface area contributed by atoms with Crippen molar-refractivity contribution in [3.63, 3.8) is 0 Å². The zero-order valence-electron chi connectivity index (χ0n) is 8.32. The maximum atomic E-state index is 11.6. The van der Waals surface area contributed by atoms with Crippen LogP contribution in [0, 0.1) is 11.3 Å². The van der Waals surface area contributed by atoms with Crippen LogP contribution in [0.25, 0.3) is 5.57 Å². The van der Waals surface area contributed by atoms with E-state index >= 15 is 0 Å². The molecular formula is C11H5ClN2O3. The molecule has 2 rings (SSSR count). The third-order valence-corrected chi connectivity index (χ3v) is 2.54. The molecule has 1 aliphatic rings. The maximum Gasteiger partial charge on any atom is 0.347 e. The first-order valence-corrected chi connectivity index (χ1v) is 4.91. The second kappa shape index (κ2) is 3.92. The first kappa shape index (κ1) is 11.2. The van der Waals surface area contributed by atoms with Crippen LogP contribution in [0.15, 0.2) is 23.8 Å². The second-order valence-electron chi connectivity index (χ2n) is 3.31. The summed E-state index contributed by atoms with van der Waals surface area (Å²) in [4.78, 5) is 22.5. The molecule has 0 fully saturated rings. The lowest BCUT2D eigenvalue weighted by atomic mass is 10.0. The Bertz CT molecular complexity index is 614. The predicted molar refractivity (Wildman–Crippen MR) is 60.3 cm³/mol. The number of carbonyl (C=O) groups excluding carboxylic acids is 1. The zero-order chi connectivity index (χ0) is 12.6. The SMILES string of the molecule is N#C/C(C(=O)O)=C1/C(=O)Nc2cc(Cl)ccc21. The lowest BCUT2D eigenvalue weighted by molar-refractivity contribution is -0.132. The van der Waals surface area contributed by atoms with E-state index in [0.717, 1.165) is 0 Å². The van der Waals surface area contributed by atoms with Crippen molar-refractivity contribution in [1.29, 1.82) is 5.26 Å². The fourth-order valence-electron chi connectivity index (χ4n) is 1.60. The third kappa shape index (κ3) is 1.75. The Morgan fingerprint density at radius 1 is 1.47 bits per heavy atom. The van der Waals surface area contributed by atoms with Gasteiger partial charge in [-0.1, -0.05) is 17.7 Å². The van der Waals surface area contributed by atoms with E-state index in [9.17, 15) is 9.59 Å². The molecule has 6 heteroatoms. The number of anilines is 1. The van der Waals surface area contributed by atoms with Gasteiger partial charge < -0.3 is 10.4 Å². The fraction of sp³-hybridized carbons (Fsp3) is 0. The van der Waals surface area contributed by atoms with Crippen LogP contribution in [0.4, 0.5) is 5.69 Å². The van der Waals surface area contributed by atoms with E-state index in [1.165, 1.54) is 24.3 Å². The van der Waals surface area contributed by atoms with Crippen LogP contribution in [-0.4, -0.2) is 17.0 Å². The van der Waals surface area contributed by atoms with Crippen molar-refractivity contribution < 1.29 is 14.7 Å². The van der Waals surface area contributed by atoms with Crippen LogP contribution in [0.5, 0.6) is 0 Å². The lowest BCUT2D eigenvalue weighted by Gasteiger charge is -1.99. The minimum atomic E-state index is -1.43. The number of benzene rings is 1. The summed E-state index contributed by atoms with van der Waals surface area (Å²) in [5.41, 5.74) is 0.0695. The van der Waals surface area contributed by atoms with Crippen molar-refractivity contribution in [2.45, 2.75) is 0 Å². The molecule has 0 saturated carbocycles.